The minimum atomic E-state index is -3.36. The van der Waals surface area contributed by atoms with E-state index in [1.807, 2.05) is 25.1 Å². The summed E-state index contributed by atoms with van der Waals surface area (Å²) >= 11 is 0. The molecule has 0 heterocycles. The molecule has 2 aliphatic rings. The van der Waals surface area contributed by atoms with Crippen molar-refractivity contribution < 1.29 is 17.9 Å². The normalized spacial score (nSPS) is 24.5. The summed E-state index contributed by atoms with van der Waals surface area (Å²) in [5, 5.41) is 0. The van der Waals surface area contributed by atoms with Gasteiger partial charge >= 0.3 is 6.11 Å². The molecule has 2 aliphatic carbocycles. The molecular formula is C35H45F3O. The van der Waals surface area contributed by atoms with E-state index in [1.165, 1.54) is 43.7 Å². The molecule has 4 heteroatoms. The lowest BCUT2D eigenvalue weighted by atomic mass is 9.77. The van der Waals surface area contributed by atoms with Gasteiger partial charge in [0.15, 0.2) is 0 Å². The zero-order valence-electron chi connectivity index (χ0n) is 23.7. The summed E-state index contributed by atoms with van der Waals surface area (Å²) in [7, 11) is 0. The molecular weight excluding hydrogens is 493 g/mol. The third kappa shape index (κ3) is 8.83. The van der Waals surface area contributed by atoms with Gasteiger partial charge in [0.25, 0.3) is 0 Å². The molecule has 0 atom stereocenters. The van der Waals surface area contributed by atoms with E-state index in [-0.39, 0.29) is 5.56 Å². The first-order valence-corrected chi connectivity index (χ1v) is 15.0. The molecule has 0 spiro atoms. The lowest BCUT2D eigenvalue weighted by Crippen LogP contribution is -2.24. The van der Waals surface area contributed by atoms with Crippen molar-refractivity contribution in [3.05, 3.63) is 94.8 Å². The molecule has 212 valence electrons. The third-order valence-electron chi connectivity index (χ3n) is 8.91. The predicted molar refractivity (Wildman–Crippen MR) is 155 cm³/mol. The van der Waals surface area contributed by atoms with Crippen LogP contribution in [0.2, 0.25) is 0 Å². The van der Waals surface area contributed by atoms with Gasteiger partial charge in [0.2, 0.25) is 0 Å². The van der Waals surface area contributed by atoms with Crippen LogP contribution in [0.4, 0.5) is 13.2 Å². The Hall–Kier alpha value is -2.33. The van der Waals surface area contributed by atoms with E-state index in [0.717, 1.165) is 43.6 Å². The van der Waals surface area contributed by atoms with Crippen LogP contribution >= 0.6 is 0 Å². The Labute approximate surface area is 233 Å². The van der Waals surface area contributed by atoms with Crippen LogP contribution in [0.25, 0.3) is 0 Å². The molecule has 2 aromatic carbocycles. The molecule has 2 saturated carbocycles. The molecule has 0 saturated heterocycles. The fourth-order valence-corrected chi connectivity index (χ4v) is 6.51. The first-order chi connectivity index (χ1) is 18.9. The van der Waals surface area contributed by atoms with E-state index in [2.05, 4.69) is 31.2 Å². The van der Waals surface area contributed by atoms with Crippen molar-refractivity contribution in [2.24, 2.45) is 11.8 Å². The number of rotatable bonds is 11. The average Bonchev–Trinajstić information content (AvgIpc) is 2.94. The van der Waals surface area contributed by atoms with Gasteiger partial charge in [-0.1, -0.05) is 60.7 Å². The molecule has 2 aromatic rings. The first kappa shape index (κ1) is 29.6. The van der Waals surface area contributed by atoms with Gasteiger partial charge in [-0.2, -0.15) is 8.78 Å². The second kappa shape index (κ2) is 14.3. The van der Waals surface area contributed by atoms with E-state index in [4.69, 9.17) is 4.74 Å². The number of allylic oxidation sites excluding steroid dienone is 4. The van der Waals surface area contributed by atoms with Gasteiger partial charge in [-0.25, -0.2) is 4.39 Å². The third-order valence-corrected chi connectivity index (χ3v) is 8.91. The Morgan fingerprint density at radius 1 is 0.821 bits per heavy atom. The van der Waals surface area contributed by atoms with Crippen LogP contribution < -0.4 is 0 Å². The molecule has 4 rings (SSSR count). The summed E-state index contributed by atoms with van der Waals surface area (Å²) in [6.07, 6.45) is 16.3. The summed E-state index contributed by atoms with van der Waals surface area (Å²) in [5.41, 5.74) is 2.92. The van der Waals surface area contributed by atoms with Crippen LogP contribution in [0.5, 0.6) is 0 Å². The Balaban J connectivity index is 1.24. The van der Waals surface area contributed by atoms with Crippen LogP contribution in [0.15, 0.2) is 66.8 Å². The van der Waals surface area contributed by atoms with Gasteiger partial charge in [-0.05, 0) is 124 Å². The molecule has 0 amide bonds. The second-order valence-electron chi connectivity index (χ2n) is 11.7. The number of alkyl halides is 2. The van der Waals surface area contributed by atoms with E-state index in [1.54, 1.807) is 18.2 Å². The van der Waals surface area contributed by atoms with Gasteiger partial charge < -0.3 is 4.74 Å². The van der Waals surface area contributed by atoms with Gasteiger partial charge in [0, 0.05) is 5.56 Å². The van der Waals surface area contributed by atoms with Crippen LogP contribution in [-0.2, 0) is 17.8 Å². The number of halogens is 3. The molecule has 2 fully saturated rings. The molecule has 0 bridgehead atoms. The highest BCUT2D eigenvalue weighted by atomic mass is 19.3. The fraction of sp³-hybridized carbons (Fsp3) is 0.543. The smallest absolute Gasteiger partial charge is 0.315 e. The molecule has 0 aliphatic heterocycles. The lowest BCUT2D eigenvalue weighted by molar-refractivity contribution is -0.244. The summed E-state index contributed by atoms with van der Waals surface area (Å²) < 4.78 is 49.1. The summed E-state index contributed by atoms with van der Waals surface area (Å²) in [6.45, 7) is 3.67. The molecule has 1 nitrogen and oxygen atoms in total. The number of hydrogen-bond donors (Lipinski definition) is 0. The zero-order valence-corrected chi connectivity index (χ0v) is 23.7. The maximum atomic E-state index is 14.8. The Morgan fingerprint density at radius 2 is 1.46 bits per heavy atom. The standard InChI is InChI=1S/C35H45F3O/c1-3-5-6-8-27-11-15-29(16-12-27)30-19-13-28(14-20-30)24-35(37,38)39-25-33-22-21-32(23-34(33)36)31-17-9-26(7-4-2)10-18-31/h3-5,7,13-14,19-23,26-27,29,31H,6,8-12,15-18,24-25H2,1-2H3/b5-3+,7-4+. The minimum Gasteiger partial charge on any atom is -0.315 e. The maximum Gasteiger partial charge on any atom is 0.360 e. The fourth-order valence-electron chi connectivity index (χ4n) is 6.51. The van der Waals surface area contributed by atoms with Gasteiger partial charge in [-0.3, -0.25) is 0 Å². The number of ether oxygens (including phenoxy) is 1. The number of hydrogen-bond acceptors (Lipinski definition) is 1. The van der Waals surface area contributed by atoms with Crippen LogP contribution in [0.3, 0.4) is 0 Å². The monoisotopic (exact) mass is 538 g/mol. The number of benzene rings is 2. The van der Waals surface area contributed by atoms with Crippen LogP contribution in [0.1, 0.15) is 112 Å². The summed E-state index contributed by atoms with van der Waals surface area (Å²) in [5.74, 6) is 1.80. The largest absolute Gasteiger partial charge is 0.360 e. The van der Waals surface area contributed by atoms with Gasteiger partial charge in [-0.15, -0.1) is 0 Å². The Kier molecular flexibility index (Phi) is 10.9. The maximum absolute atomic E-state index is 14.8. The van der Waals surface area contributed by atoms with E-state index < -0.39 is 25.0 Å². The van der Waals surface area contributed by atoms with Gasteiger partial charge in [0.1, 0.15) is 5.82 Å². The van der Waals surface area contributed by atoms with Crippen molar-refractivity contribution in [2.75, 3.05) is 0 Å². The van der Waals surface area contributed by atoms with E-state index >= 15 is 0 Å². The zero-order chi connectivity index (χ0) is 27.7. The molecule has 0 unspecified atom stereocenters. The van der Waals surface area contributed by atoms with E-state index in [9.17, 15) is 13.2 Å². The van der Waals surface area contributed by atoms with Crippen molar-refractivity contribution in [2.45, 2.75) is 109 Å². The molecule has 39 heavy (non-hydrogen) atoms. The van der Waals surface area contributed by atoms with Gasteiger partial charge in [0.05, 0.1) is 13.0 Å². The van der Waals surface area contributed by atoms with Crippen molar-refractivity contribution in [3.8, 4) is 0 Å². The Bertz CT molecular complexity index is 1070. The lowest BCUT2D eigenvalue weighted by Gasteiger charge is -2.28. The summed E-state index contributed by atoms with van der Waals surface area (Å²) in [6, 6.07) is 12.6. The van der Waals surface area contributed by atoms with Crippen molar-refractivity contribution >= 4 is 0 Å². The quantitative estimate of drug-likeness (QED) is 0.259. The molecule has 0 N–H and O–H groups in total. The topological polar surface area (TPSA) is 9.23 Å². The first-order valence-electron chi connectivity index (χ1n) is 15.0. The highest BCUT2D eigenvalue weighted by molar-refractivity contribution is 5.28. The predicted octanol–water partition coefficient (Wildman–Crippen LogP) is 10.7. The summed E-state index contributed by atoms with van der Waals surface area (Å²) in [4.78, 5) is 0. The molecule has 0 aromatic heterocycles. The van der Waals surface area contributed by atoms with E-state index in [0.29, 0.717) is 23.3 Å². The SMILES string of the molecule is C/C=C/CCC1CCC(c2ccc(CC(F)(F)OCc3ccc(C4CCC(/C=C/C)CC4)cc3F)cc2)CC1. The second-order valence-corrected chi connectivity index (χ2v) is 11.7. The van der Waals surface area contributed by atoms with Crippen LogP contribution in [-0.4, -0.2) is 6.11 Å². The highest BCUT2D eigenvalue weighted by Gasteiger charge is 2.31. The molecule has 0 radical (unpaired) electrons. The Morgan fingerprint density at radius 3 is 2.10 bits per heavy atom. The minimum absolute atomic E-state index is 0.178. The average molecular weight is 539 g/mol. The van der Waals surface area contributed by atoms with Crippen molar-refractivity contribution in [1.82, 2.24) is 0 Å². The van der Waals surface area contributed by atoms with Crippen LogP contribution in [0, 0.1) is 17.7 Å². The highest BCUT2D eigenvalue weighted by Crippen LogP contribution is 2.39. The van der Waals surface area contributed by atoms with Crippen molar-refractivity contribution in [1.29, 1.82) is 0 Å². The van der Waals surface area contributed by atoms with Crippen molar-refractivity contribution in [3.63, 3.8) is 0 Å².